The first-order valence-corrected chi connectivity index (χ1v) is 13.9. The van der Waals surface area contributed by atoms with Crippen LogP contribution < -0.4 is 10.6 Å². The molecule has 2 aliphatic rings. The third kappa shape index (κ3) is 4.39. The van der Waals surface area contributed by atoms with Crippen LogP contribution in [-0.2, 0) is 18.0 Å². The fourth-order valence-electron chi connectivity index (χ4n) is 5.56. The van der Waals surface area contributed by atoms with E-state index in [-0.39, 0.29) is 45.7 Å². The normalized spacial score (nSPS) is 19.9. The van der Waals surface area contributed by atoms with E-state index in [4.69, 9.17) is 10.5 Å². The number of fused-ring (bicyclic) bond motifs is 3. The molecule has 2 aromatic heterocycles. The molecule has 7 nitrogen and oxygen atoms in total. The average molecular weight is 552 g/mol. The number of anilines is 2. The monoisotopic (exact) mass is 551 g/mol. The van der Waals surface area contributed by atoms with E-state index in [2.05, 4.69) is 16.0 Å². The quantitative estimate of drug-likeness (QED) is 0.382. The third-order valence-electron chi connectivity index (χ3n) is 7.88. The summed E-state index contributed by atoms with van der Waals surface area (Å²) in [5.41, 5.74) is 9.63. The van der Waals surface area contributed by atoms with Crippen LogP contribution in [0.15, 0.2) is 17.8 Å². The van der Waals surface area contributed by atoms with E-state index in [0.29, 0.717) is 47.5 Å². The molecule has 0 radical (unpaired) electrons. The molecule has 2 aliphatic heterocycles. The van der Waals surface area contributed by atoms with Gasteiger partial charge in [-0.2, -0.15) is 5.26 Å². The van der Waals surface area contributed by atoms with Crippen molar-refractivity contribution in [3.05, 3.63) is 56.4 Å². The largest absolute Gasteiger partial charge is 0.391 e. The molecule has 3 aromatic rings. The lowest BCUT2D eigenvalue weighted by Gasteiger charge is -2.20. The topological polar surface area (TPSA) is 108 Å². The predicted molar refractivity (Wildman–Crippen MR) is 150 cm³/mol. The lowest BCUT2D eigenvalue weighted by molar-refractivity contribution is 0.134. The summed E-state index contributed by atoms with van der Waals surface area (Å²) in [6, 6.07) is 2.12. The summed E-state index contributed by atoms with van der Waals surface area (Å²) in [5.74, 6) is -0.667. The van der Waals surface area contributed by atoms with Crippen LogP contribution in [-0.4, -0.2) is 34.3 Å². The number of ether oxygens (including phenoxy) is 1. The molecule has 0 spiro atoms. The molecule has 0 amide bonds. The van der Waals surface area contributed by atoms with Gasteiger partial charge in [-0.1, -0.05) is 25.5 Å². The molecule has 0 bridgehead atoms. The minimum Gasteiger partial charge on any atom is -0.391 e. The molecule has 2 unspecified atom stereocenters. The van der Waals surface area contributed by atoms with Gasteiger partial charge in [0.1, 0.15) is 22.4 Å². The van der Waals surface area contributed by atoms with Crippen LogP contribution in [0.1, 0.15) is 73.2 Å². The maximum absolute atomic E-state index is 16.8. The van der Waals surface area contributed by atoms with Gasteiger partial charge in [-0.15, -0.1) is 11.3 Å². The Morgan fingerprint density at radius 2 is 2.05 bits per heavy atom. The summed E-state index contributed by atoms with van der Waals surface area (Å²) >= 11 is 0.982. The van der Waals surface area contributed by atoms with Gasteiger partial charge in [-0.3, -0.25) is 0 Å². The number of aromatic nitrogens is 2. The highest BCUT2D eigenvalue weighted by atomic mass is 32.1. The van der Waals surface area contributed by atoms with Crippen LogP contribution in [0.4, 0.5) is 19.7 Å². The number of hydrogen-bond donors (Lipinski definition) is 2. The Bertz CT molecular complexity index is 1570. The number of nitriles is 1. The van der Waals surface area contributed by atoms with Crippen LogP contribution in [0.3, 0.4) is 0 Å². The first kappa shape index (κ1) is 27.2. The molecular weight excluding hydrogens is 520 g/mol. The molecule has 39 heavy (non-hydrogen) atoms. The number of rotatable bonds is 6. The van der Waals surface area contributed by atoms with Gasteiger partial charge in [0.15, 0.2) is 5.82 Å². The zero-order valence-electron chi connectivity index (χ0n) is 22.4. The Labute approximate surface area is 230 Å². The summed E-state index contributed by atoms with van der Waals surface area (Å²) < 4.78 is 37.8. The van der Waals surface area contributed by atoms with Crippen molar-refractivity contribution in [2.24, 2.45) is 5.92 Å². The van der Waals surface area contributed by atoms with Crippen LogP contribution in [0.5, 0.6) is 0 Å². The maximum atomic E-state index is 16.8. The first-order valence-electron chi connectivity index (χ1n) is 13.1. The van der Waals surface area contributed by atoms with Crippen molar-refractivity contribution in [3.63, 3.8) is 0 Å². The number of allylic oxidation sites excluding steroid dienone is 2. The number of thiophene rings is 1. The molecule has 2 atom stereocenters. The smallest absolute Gasteiger partial charge is 0.226 e. The Morgan fingerprint density at radius 3 is 2.69 bits per heavy atom. The minimum atomic E-state index is -0.576. The number of aliphatic hydroxyl groups excluding tert-OH is 1. The first-order chi connectivity index (χ1) is 18.7. The molecular formula is C29H31F2N5O2S. The highest BCUT2D eigenvalue weighted by Gasteiger charge is 2.34. The van der Waals surface area contributed by atoms with E-state index in [1.165, 1.54) is 6.08 Å². The number of nitrogen functional groups attached to an aromatic ring is 1. The van der Waals surface area contributed by atoms with Crippen LogP contribution in [0.2, 0.25) is 0 Å². The van der Waals surface area contributed by atoms with E-state index in [1.54, 1.807) is 13.1 Å². The van der Waals surface area contributed by atoms with Crippen LogP contribution in [0, 0.1) is 23.1 Å². The van der Waals surface area contributed by atoms with Gasteiger partial charge in [-0.25, -0.2) is 18.7 Å². The average Bonchev–Trinajstić information content (AvgIpc) is 3.66. The third-order valence-corrected chi connectivity index (χ3v) is 8.90. The molecule has 3 N–H and O–H groups in total. The highest BCUT2D eigenvalue weighted by molar-refractivity contribution is 7.17. The molecule has 1 aromatic carbocycles. The zero-order chi connectivity index (χ0) is 28.0. The highest BCUT2D eigenvalue weighted by Crippen LogP contribution is 2.47. The van der Waals surface area contributed by atoms with Crippen molar-refractivity contribution in [2.45, 2.75) is 59.9 Å². The van der Waals surface area contributed by atoms with E-state index in [0.717, 1.165) is 28.9 Å². The summed E-state index contributed by atoms with van der Waals surface area (Å²) in [4.78, 5) is 11.3. The number of β-amino-alcohol motifs (C(OH)–C–C–N with tert-alkyl or cyclic N) is 1. The number of nitrogens with zero attached hydrogens (tertiary/aromatic N) is 4. The Kier molecular flexibility index (Phi) is 7.42. The zero-order valence-corrected chi connectivity index (χ0v) is 23.3. The van der Waals surface area contributed by atoms with Crippen molar-refractivity contribution in [2.75, 3.05) is 23.7 Å². The summed E-state index contributed by atoms with van der Waals surface area (Å²) in [5, 5.41) is 21.2. The second-order valence-corrected chi connectivity index (χ2v) is 11.1. The molecule has 4 heterocycles. The lowest BCUT2D eigenvalue weighted by atomic mass is 9.85. The molecule has 0 saturated carbocycles. The maximum Gasteiger partial charge on any atom is 0.226 e. The molecule has 0 aliphatic carbocycles. The van der Waals surface area contributed by atoms with Crippen molar-refractivity contribution < 1.29 is 18.6 Å². The molecule has 204 valence electrons. The summed E-state index contributed by atoms with van der Waals surface area (Å²) in [6.45, 7) is 8.76. The van der Waals surface area contributed by atoms with E-state index in [1.807, 2.05) is 25.7 Å². The van der Waals surface area contributed by atoms with E-state index >= 15 is 8.78 Å². The fourth-order valence-corrected chi connectivity index (χ4v) is 6.55. The SMILES string of the molecule is C/C=C(/F)c1sc(N)c(C#N)c1/C(=C(\C)CC)c1c2c(c3cnc(N4CC(O)C(CC)C4)nc3c1F)COC2. The minimum absolute atomic E-state index is 0.0910. The fraction of sp³-hybridized carbons (Fsp3) is 0.414. The predicted octanol–water partition coefficient (Wildman–Crippen LogP) is 6.08. The Morgan fingerprint density at radius 1 is 1.31 bits per heavy atom. The molecule has 5 rings (SSSR count). The van der Waals surface area contributed by atoms with Gasteiger partial charge in [-0.05, 0) is 43.4 Å². The van der Waals surface area contributed by atoms with E-state index in [9.17, 15) is 10.4 Å². The van der Waals surface area contributed by atoms with Crippen molar-refractivity contribution in [1.82, 2.24) is 9.97 Å². The Hall–Kier alpha value is -3.39. The lowest BCUT2D eigenvalue weighted by Crippen LogP contribution is -2.23. The standard InChI is InChI=1S/C29H31F2N5O2S/c1-5-14(4)22(24-16(8-32)28(33)39-27(24)20(30)7-3)23-19-13-38-12-18(19)17-9-34-29(35-26(17)25(23)31)36-10-15(6-2)21(37)11-36/h7,9,15,21,37H,5-6,10-13,33H2,1-4H3/b20-7+,22-14+. The van der Waals surface area contributed by atoms with E-state index < -0.39 is 17.7 Å². The molecule has 1 saturated heterocycles. The number of nitrogens with two attached hydrogens (primary N) is 1. The number of benzene rings is 1. The summed E-state index contributed by atoms with van der Waals surface area (Å²) in [7, 11) is 0. The van der Waals surface area contributed by atoms with Crippen LogP contribution in [0.25, 0.3) is 22.3 Å². The second kappa shape index (κ2) is 10.6. The van der Waals surface area contributed by atoms with Gasteiger partial charge >= 0.3 is 0 Å². The number of aliphatic hydroxyl groups is 1. The van der Waals surface area contributed by atoms with Gasteiger partial charge in [0.25, 0.3) is 0 Å². The van der Waals surface area contributed by atoms with Crippen LogP contribution >= 0.6 is 11.3 Å². The van der Waals surface area contributed by atoms with Crippen molar-refractivity contribution in [3.8, 4) is 6.07 Å². The van der Waals surface area contributed by atoms with Gasteiger partial charge in [0.2, 0.25) is 5.95 Å². The molecule has 10 heteroatoms. The second-order valence-electron chi connectivity index (χ2n) is 10.0. The van der Waals surface area contributed by atoms with Gasteiger partial charge < -0.3 is 20.5 Å². The van der Waals surface area contributed by atoms with Gasteiger partial charge in [0.05, 0.1) is 29.8 Å². The van der Waals surface area contributed by atoms with Crippen molar-refractivity contribution >= 4 is 44.6 Å². The van der Waals surface area contributed by atoms with Crippen molar-refractivity contribution in [1.29, 1.82) is 5.26 Å². The molecule has 1 fully saturated rings. The number of halogens is 2. The number of hydrogen-bond acceptors (Lipinski definition) is 8. The Balaban J connectivity index is 1.81. The van der Waals surface area contributed by atoms with Gasteiger partial charge in [0, 0.05) is 41.7 Å². The summed E-state index contributed by atoms with van der Waals surface area (Å²) in [6.07, 6.45) is 3.78.